The fraction of sp³-hybridized carbons (Fsp3) is 0.529. The first-order valence-electron chi connectivity index (χ1n) is 8.52. The summed E-state index contributed by atoms with van der Waals surface area (Å²) in [5.74, 6) is -0.395. The number of sulfonamides is 1. The van der Waals surface area contributed by atoms with Gasteiger partial charge in [0.25, 0.3) is 11.8 Å². The summed E-state index contributed by atoms with van der Waals surface area (Å²) in [6.07, 6.45) is 0.854. The average molecular weight is 386 g/mol. The van der Waals surface area contributed by atoms with E-state index in [0.717, 1.165) is 15.6 Å². The number of nitrogens with zero attached hydrogens (tertiary/aromatic N) is 1. The van der Waals surface area contributed by atoms with Crippen molar-refractivity contribution in [3.8, 4) is 0 Å². The van der Waals surface area contributed by atoms with Crippen LogP contribution in [0.3, 0.4) is 0 Å². The largest absolute Gasteiger partial charge is 0.351 e. The summed E-state index contributed by atoms with van der Waals surface area (Å²) in [6.45, 7) is 4.49. The van der Waals surface area contributed by atoms with Gasteiger partial charge in [-0.2, -0.15) is 0 Å². The molecule has 1 rings (SSSR count). The molecule has 1 aromatic rings. The number of nitrogens with one attached hydrogen (secondary N) is 3. The lowest BCUT2D eigenvalue weighted by atomic mass is 10.2. The summed E-state index contributed by atoms with van der Waals surface area (Å²) in [6, 6.07) is 5.62. The van der Waals surface area contributed by atoms with E-state index in [-0.39, 0.29) is 23.3 Å². The molecule has 2 atom stereocenters. The summed E-state index contributed by atoms with van der Waals surface area (Å²) in [7, 11) is 1.09. The van der Waals surface area contributed by atoms with E-state index in [0.29, 0.717) is 12.2 Å². The Morgan fingerprint density at radius 3 is 2.50 bits per heavy atom. The van der Waals surface area contributed by atoms with E-state index in [4.69, 9.17) is 0 Å². The molecule has 3 N–H and O–H groups in total. The normalized spacial score (nSPS) is 13.9. The van der Waals surface area contributed by atoms with Gasteiger partial charge in [0.2, 0.25) is 10.0 Å². The summed E-state index contributed by atoms with van der Waals surface area (Å²) in [5.41, 5.74) is 0.396. The maximum atomic E-state index is 12.4. The minimum absolute atomic E-state index is 0.104. The maximum Gasteiger partial charge on any atom is 0.282 e. The molecule has 9 heteroatoms. The van der Waals surface area contributed by atoms with Gasteiger partial charge in [-0.25, -0.2) is 12.7 Å². The van der Waals surface area contributed by atoms with Gasteiger partial charge >= 0.3 is 0 Å². The molecule has 1 aromatic carbocycles. The fourth-order valence-electron chi connectivity index (χ4n) is 2.15. The van der Waals surface area contributed by atoms with Gasteiger partial charge in [0.1, 0.15) is 0 Å². The Bertz CT molecular complexity index is 734. The van der Waals surface area contributed by atoms with Gasteiger partial charge in [-0.1, -0.05) is 13.0 Å². The molecule has 0 heterocycles. The molecule has 0 aliphatic carbocycles. The van der Waals surface area contributed by atoms with Crippen LogP contribution in [-0.4, -0.2) is 64.8 Å². The Hall–Kier alpha value is -1.97. The molecular formula is C17H29N4O4S+. The zero-order valence-electron chi connectivity index (χ0n) is 16.0. The second kappa shape index (κ2) is 9.65. The molecule has 0 spiro atoms. The van der Waals surface area contributed by atoms with Crippen molar-refractivity contribution in [2.45, 2.75) is 31.2 Å². The Morgan fingerprint density at radius 1 is 1.27 bits per heavy atom. The molecule has 0 saturated heterocycles. The van der Waals surface area contributed by atoms with E-state index < -0.39 is 16.1 Å². The zero-order chi connectivity index (χ0) is 19.9. The highest BCUT2D eigenvalue weighted by molar-refractivity contribution is 7.89. The van der Waals surface area contributed by atoms with Gasteiger partial charge in [-0.15, -0.1) is 0 Å². The number of rotatable bonds is 9. The molecule has 0 fully saturated rings. The van der Waals surface area contributed by atoms with Gasteiger partial charge in [-0.3, -0.25) is 9.59 Å². The fourth-order valence-corrected chi connectivity index (χ4v) is 3.10. The molecule has 0 bridgehead atoms. The highest BCUT2D eigenvalue weighted by atomic mass is 32.2. The number of likely N-dealkylation sites (N-methyl/N-ethyl adjacent to an activating group) is 1. The average Bonchev–Trinajstić information content (AvgIpc) is 2.59. The Morgan fingerprint density at radius 2 is 1.92 bits per heavy atom. The third kappa shape index (κ3) is 6.08. The van der Waals surface area contributed by atoms with Crippen molar-refractivity contribution >= 4 is 27.5 Å². The van der Waals surface area contributed by atoms with Crippen LogP contribution in [0.4, 0.5) is 5.69 Å². The SMILES string of the molecule is CCCNC(=O)C[NH+](C)[C@@H](C)C(=O)Nc1cccc(S(=O)(=O)N(C)C)c1. The Balaban J connectivity index is 2.77. The highest BCUT2D eigenvalue weighted by Crippen LogP contribution is 2.17. The summed E-state index contributed by atoms with van der Waals surface area (Å²) < 4.78 is 25.5. The Kier molecular flexibility index (Phi) is 8.19. The van der Waals surface area contributed by atoms with Crippen molar-refractivity contribution in [1.29, 1.82) is 0 Å². The molecule has 0 saturated carbocycles. The molecule has 0 radical (unpaired) electrons. The number of carbonyl (C=O) groups excluding carboxylic acids is 2. The molecule has 8 nitrogen and oxygen atoms in total. The topological polar surface area (TPSA) is 100 Å². The number of hydrogen-bond acceptors (Lipinski definition) is 4. The van der Waals surface area contributed by atoms with E-state index in [1.54, 1.807) is 26.1 Å². The lowest BCUT2D eigenvalue weighted by Gasteiger charge is -2.21. The van der Waals surface area contributed by atoms with Crippen molar-refractivity contribution < 1.29 is 22.9 Å². The summed E-state index contributed by atoms with van der Waals surface area (Å²) in [4.78, 5) is 25.1. The van der Waals surface area contributed by atoms with Crippen LogP contribution in [0.5, 0.6) is 0 Å². The van der Waals surface area contributed by atoms with Gasteiger partial charge in [0.05, 0.1) is 11.9 Å². The zero-order valence-corrected chi connectivity index (χ0v) is 16.8. The van der Waals surface area contributed by atoms with Gasteiger partial charge in [0, 0.05) is 26.3 Å². The number of carbonyl (C=O) groups is 2. The second-order valence-electron chi connectivity index (χ2n) is 6.40. The Labute approximate surface area is 155 Å². The van der Waals surface area contributed by atoms with E-state index in [1.165, 1.54) is 26.2 Å². The number of quaternary nitrogens is 1. The maximum absolute atomic E-state index is 12.4. The van der Waals surface area contributed by atoms with Gasteiger partial charge in [-0.05, 0) is 31.5 Å². The van der Waals surface area contributed by atoms with Crippen molar-refractivity contribution in [3.63, 3.8) is 0 Å². The van der Waals surface area contributed by atoms with Crippen LogP contribution < -0.4 is 15.5 Å². The lowest BCUT2D eigenvalue weighted by Crippen LogP contribution is -3.15. The minimum atomic E-state index is -3.57. The van der Waals surface area contributed by atoms with Crippen molar-refractivity contribution in [3.05, 3.63) is 24.3 Å². The van der Waals surface area contributed by atoms with Crippen LogP contribution in [0, 0.1) is 0 Å². The smallest absolute Gasteiger partial charge is 0.282 e. The molecule has 2 amide bonds. The summed E-state index contributed by atoms with van der Waals surface area (Å²) >= 11 is 0. The first-order valence-corrected chi connectivity index (χ1v) is 9.96. The number of benzene rings is 1. The van der Waals surface area contributed by atoms with Crippen molar-refractivity contribution in [2.75, 3.05) is 39.5 Å². The van der Waals surface area contributed by atoms with Gasteiger partial charge in [0.15, 0.2) is 12.6 Å². The standard InChI is InChI=1S/C17H28N4O4S/c1-6-10-18-16(22)12-21(5)13(2)17(23)19-14-8-7-9-15(11-14)26(24,25)20(3)4/h7-9,11,13H,6,10,12H2,1-5H3,(H,18,22)(H,19,23)/p+1/t13-/m0/s1. The molecule has 146 valence electrons. The molecule has 0 aliphatic rings. The van der Waals surface area contributed by atoms with Gasteiger partial charge < -0.3 is 15.5 Å². The monoisotopic (exact) mass is 385 g/mol. The van der Waals surface area contributed by atoms with Crippen molar-refractivity contribution in [1.82, 2.24) is 9.62 Å². The molecule has 26 heavy (non-hydrogen) atoms. The van der Waals surface area contributed by atoms with Crippen molar-refractivity contribution in [2.24, 2.45) is 0 Å². The molecular weight excluding hydrogens is 356 g/mol. The van der Waals surface area contributed by atoms with E-state index >= 15 is 0 Å². The predicted octanol–water partition coefficient (Wildman–Crippen LogP) is -0.695. The third-order valence-electron chi connectivity index (χ3n) is 4.02. The van der Waals surface area contributed by atoms with Crippen LogP contribution >= 0.6 is 0 Å². The van der Waals surface area contributed by atoms with Crippen LogP contribution in [0.25, 0.3) is 0 Å². The molecule has 1 unspecified atom stereocenters. The first kappa shape index (κ1) is 22.1. The van der Waals surface area contributed by atoms with Crippen LogP contribution in [0.15, 0.2) is 29.2 Å². The predicted molar refractivity (Wildman–Crippen MR) is 100 cm³/mol. The third-order valence-corrected chi connectivity index (χ3v) is 5.84. The van der Waals surface area contributed by atoms with E-state index in [9.17, 15) is 18.0 Å². The highest BCUT2D eigenvalue weighted by Gasteiger charge is 2.24. The second-order valence-corrected chi connectivity index (χ2v) is 8.55. The number of hydrogen-bond donors (Lipinski definition) is 3. The van der Waals surface area contributed by atoms with Crippen LogP contribution in [0.2, 0.25) is 0 Å². The van der Waals surface area contributed by atoms with E-state index in [1.807, 2.05) is 6.92 Å². The first-order chi connectivity index (χ1) is 12.1. The minimum Gasteiger partial charge on any atom is -0.351 e. The molecule has 0 aliphatic heterocycles. The summed E-state index contributed by atoms with van der Waals surface area (Å²) in [5, 5.41) is 5.49. The van der Waals surface area contributed by atoms with E-state index in [2.05, 4.69) is 10.6 Å². The lowest BCUT2D eigenvalue weighted by molar-refractivity contribution is -0.885. The van der Waals surface area contributed by atoms with Crippen LogP contribution in [0.1, 0.15) is 20.3 Å². The quantitative estimate of drug-likeness (QED) is 0.524. The van der Waals surface area contributed by atoms with Crippen LogP contribution in [-0.2, 0) is 19.6 Å². The number of amides is 2. The molecule has 0 aromatic heterocycles. The number of anilines is 1.